The van der Waals surface area contributed by atoms with Crippen molar-refractivity contribution in [3.63, 3.8) is 0 Å². The number of hydrogen-bond acceptors (Lipinski definition) is 2. The van der Waals surface area contributed by atoms with Gasteiger partial charge in [-0.15, -0.1) is 0 Å². The molecule has 0 unspecified atom stereocenters. The average Bonchev–Trinajstić information content (AvgIpc) is 2.28. The highest BCUT2D eigenvalue weighted by atomic mass is 19.1. The summed E-state index contributed by atoms with van der Waals surface area (Å²) in [6.45, 7) is 1.90. The Bertz CT molecular complexity index is 581. The summed E-state index contributed by atoms with van der Waals surface area (Å²) in [5, 5.41) is 0.784. The maximum absolute atomic E-state index is 13.8. The van der Waals surface area contributed by atoms with Crippen molar-refractivity contribution in [3.05, 3.63) is 41.3 Å². The SMILES string of the molecule is Cc1ccnc2c(F)cc(CCC(N)=O)cc12. The summed E-state index contributed by atoms with van der Waals surface area (Å²) in [6, 6.07) is 5.11. The van der Waals surface area contributed by atoms with E-state index >= 15 is 0 Å². The minimum Gasteiger partial charge on any atom is -0.370 e. The number of primary amides is 1. The van der Waals surface area contributed by atoms with E-state index in [1.807, 2.05) is 19.1 Å². The van der Waals surface area contributed by atoms with Gasteiger partial charge in [-0.25, -0.2) is 4.39 Å². The van der Waals surface area contributed by atoms with Crippen LogP contribution < -0.4 is 5.73 Å². The Hall–Kier alpha value is -1.97. The van der Waals surface area contributed by atoms with Crippen LogP contribution in [0.4, 0.5) is 4.39 Å². The van der Waals surface area contributed by atoms with Crippen molar-refractivity contribution in [2.75, 3.05) is 0 Å². The second-order valence-electron chi connectivity index (χ2n) is 4.07. The van der Waals surface area contributed by atoms with Crippen LogP contribution in [0.25, 0.3) is 10.9 Å². The van der Waals surface area contributed by atoms with Gasteiger partial charge in [-0.2, -0.15) is 0 Å². The van der Waals surface area contributed by atoms with Gasteiger partial charge in [-0.1, -0.05) is 0 Å². The summed E-state index contributed by atoms with van der Waals surface area (Å²) < 4.78 is 13.8. The van der Waals surface area contributed by atoms with E-state index in [-0.39, 0.29) is 18.1 Å². The number of aryl methyl sites for hydroxylation is 2. The van der Waals surface area contributed by atoms with Gasteiger partial charge in [0.2, 0.25) is 5.91 Å². The third-order valence-corrected chi connectivity index (χ3v) is 2.74. The van der Waals surface area contributed by atoms with E-state index < -0.39 is 0 Å². The van der Waals surface area contributed by atoms with E-state index in [1.165, 1.54) is 6.07 Å². The number of pyridine rings is 1. The fraction of sp³-hybridized carbons (Fsp3) is 0.231. The van der Waals surface area contributed by atoms with Crippen LogP contribution in [0, 0.1) is 12.7 Å². The first-order valence-electron chi connectivity index (χ1n) is 5.40. The van der Waals surface area contributed by atoms with Gasteiger partial charge in [0.05, 0.1) is 0 Å². The number of amides is 1. The second-order valence-corrected chi connectivity index (χ2v) is 4.07. The minimum atomic E-state index is -0.381. The number of rotatable bonds is 3. The predicted octanol–water partition coefficient (Wildman–Crippen LogP) is 2.10. The van der Waals surface area contributed by atoms with Gasteiger partial charge in [0.15, 0.2) is 0 Å². The number of fused-ring (bicyclic) bond motifs is 1. The highest BCUT2D eigenvalue weighted by molar-refractivity contribution is 5.83. The number of carbonyl (C=O) groups is 1. The highest BCUT2D eigenvalue weighted by Crippen LogP contribution is 2.21. The molecule has 2 aromatic rings. The number of nitrogens with two attached hydrogens (primary N) is 1. The molecule has 1 amide bonds. The van der Waals surface area contributed by atoms with E-state index in [0.717, 1.165) is 16.5 Å². The van der Waals surface area contributed by atoms with Crippen molar-refractivity contribution in [2.24, 2.45) is 5.73 Å². The molecule has 1 heterocycles. The van der Waals surface area contributed by atoms with Gasteiger partial charge in [-0.3, -0.25) is 9.78 Å². The topological polar surface area (TPSA) is 56.0 Å². The van der Waals surface area contributed by atoms with Crippen molar-refractivity contribution in [1.82, 2.24) is 4.98 Å². The summed E-state index contributed by atoms with van der Waals surface area (Å²) in [6.07, 6.45) is 2.27. The molecule has 88 valence electrons. The molecule has 0 aliphatic carbocycles. The first kappa shape index (κ1) is 11.5. The lowest BCUT2D eigenvalue weighted by Gasteiger charge is -2.06. The van der Waals surface area contributed by atoms with Gasteiger partial charge >= 0.3 is 0 Å². The molecule has 0 saturated heterocycles. The summed E-state index contributed by atoms with van der Waals surface area (Å²) >= 11 is 0. The molecule has 0 bridgehead atoms. The third-order valence-electron chi connectivity index (χ3n) is 2.74. The number of carbonyl (C=O) groups excluding carboxylic acids is 1. The molecule has 0 radical (unpaired) electrons. The van der Waals surface area contributed by atoms with Crippen LogP contribution in [0.5, 0.6) is 0 Å². The Morgan fingerprint density at radius 3 is 2.94 bits per heavy atom. The molecule has 0 aliphatic heterocycles. The molecule has 0 spiro atoms. The maximum atomic E-state index is 13.8. The van der Waals surface area contributed by atoms with Crippen molar-refractivity contribution in [1.29, 1.82) is 0 Å². The number of hydrogen-bond donors (Lipinski definition) is 1. The van der Waals surface area contributed by atoms with Gasteiger partial charge in [-0.05, 0) is 42.7 Å². The van der Waals surface area contributed by atoms with Crippen LogP contribution in [0.15, 0.2) is 24.4 Å². The molecule has 0 fully saturated rings. The average molecular weight is 232 g/mol. The number of benzene rings is 1. The zero-order valence-electron chi connectivity index (χ0n) is 9.53. The lowest BCUT2D eigenvalue weighted by atomic mass is 10.0. The predicted molar refractivity (Wildman–Crippen MR) is 64.0 cm³/mol. The van der Waals surface area contributed by atoms with Gasteiger partial charge in [0, 0.05) is 18.0 Å². The van der Waals surface area contributed by atoms with E-state index in [0.29, 0.717) is 11.9 Å². The van der Waals surface area contributed by atoms with Crippen molar-refractivity contribution < 1.29 is 9.18 Å². The normalized spacial score (nSPS) is 10.7. The molecular formula is C13H13FN2O. The van der Waals surface area contributed by atoms with Crippen LogP contribution in [0.2, 0.25) is 0 Å². The summed E-state index contributed by atoms with van der Waals surface area (Å²) in [4.78, 5) is 14.7. The standard InChI is InChI=1S/C13H13FN2O/c1-8-4-5-16-13-10(8)6-9(7-11(13)14)2-3-12(15)17/h4-7H,2-3H2,1H3,(H2,15,17). The van der Waals surface area contributed by atoms with Crippen LogP contribution in [0.3, 0.4) is 0 Å². The molecule has 1 aromatic carbocycles. The summed E-state index contributed by atoms with van der Waals surface area (Å²) in [5.41, 5.74) is 7.18. The molecule has 2 rings (SSSR count). The zero-order valence-corrected chi connectivity index (χ0v) is 9.53. The lowest BCUT2D eigenvalue weighted by molar-refractivity contribution is -0.117. The van der Waals surface area contributed by atoms with Crippen LogP contribution >= 0.6 is 0 Å². The first-order valence-corrected chi connectivity index (χ1v) is 5.40. The highest BCUT2D eigenvalue weighted by Gasteiger charge is 2.07. The monoisotopic (exact) mass is 232 g/mol. The quantitative estimate of drug-likeness (QED) is 0.881. The van der Waals surface area contributed by atoms with Gasteiger partial charge in [0.1, 0.15) is 11.3 Å². The minimum absolute atomic E-state index is 0.226. The molecule has 1 aromatic heterocycles. The largest absolute Gasteiger partial charge is 0.370 e. The lowest BCUT2D eigenvalue weighted by Crippen LogP contribution is -2.11. The fourth-order valence-corrected chi connectivity index (χ4v) is 1.81. The van der Waals surface area contributed by atoms with Gasteiger partial charge in [0.25, 0.3) is 0 Å². The summed E-state index contributed by atoms with van der Waals surface area (Å²) in [7, 11) is 0. The molecule has 17 heavy (non-hydrogen) atoms. The van der Waals surface area contributed by atoms with E-state index in [1.54, 1.807) is 6.20 Å². The van der Waals surface area contributed by atoms with Crippen LogP contribution in [-0.2, 0) is 11.2 Å². The van der Waals surface area contributed by atoms with Gasteiger partial charge < -0.3 is 5.73 Å². The van der Waals surface area contributed by atoms with Crippen molar-refractivity contribution >= 4 is 16.8 Å². The maximum Gasteiger partial charge on any atom is 0.217 e. The van der Waals surface area contributed by atoms with E-state index in [9.17, 15) is 9.18 Å². The molecule has 0 saturated carbocycles. The van der Waals surface area contributed by atoms with E-state index in [4.69, 9.17) is 5.73 Å². The zero-order chi connectivity index (χ0) is 12.4. The van der Waals surface area contributed by atoms with Crippen LogP contribution in [-0.4, -0.2) is 10.9 Å². The first-order chi connectivity index (χ1) is 8.08. The Morgan fingerprint density at radius 2 is 2.24 bits per heavy atom. The molecular weight excluding hydrogens is 219 g/mol. The Kier molecular flexibility index (Phi) is 3.04. The summed E-state index contributed by atoms with van der Waals surface area (Å²) in [5.74, 6) is -0.737. The number of nitrogens with zero attached hydrogens (tertiary/aromatic N) is 1. The Balaban J connectivity index is 2.46. The smallest absolute Gasteiger partial charge is 0.217 e. The molecule has 2 N–H and O–H groups in total. The molecule has 4 heteroatoms. The Morgan fingerprint density at radius 1 is 1.47 bits per heavy atom. The number of aromatic nitrogens is 1. The molecule has 0 atom stereocenters. The second kappa shape index (κ2) is 4.49. The molecule has 3 nitrogen and oxygen atoms in total. The Labute approximate surface area is 98.5 Å². The van der Waals surface area contributed by atoms with Crippen molar-refractivity contribution in [2.45, 2.75) is 19.8 Å². The third kappa shape index (κ3) is 2.41. The van der Waals surface area contributed by atoms with E-state index in [2.05, 4.69) is 4.98 Å². The molecule has 0 aliphatic rings. The fourth-order valence-electron chi connectivity index (χ4n) is 1.81. The number of halogens is 1. The van der Waals surface area contributed by atoms with Crippen molar-refractivity contribution in [3.8, 4) is 0 Å². The van der Waals surface area contributed by atoms with Crippen LogP contribution in [0.1, 0.15) is 17.5 Å².